The molecule has 0 aromatic heterocycles. The Morgan fingerprint density at radius 1 is 0.618 bits per heavy atom. The molecule has 168 valence electrons. The number of hydrogen-bond acceptors (Lipinski definition) is 0. The summed E-state index contributed by atoms with van der Waals surface area (Å²) in [6.07, 6.45) is 4.75. The van der Waals surface area contributed by atoms with Crippen LogP contribution in [0.2, 0.25) is 0 Å². The maximum atomic E-state index is 15.0. The maximum absolute atomic E-state index is 15.0. The Kier molecular flexibility index (Phi) is 7.36. The zero-order chi connectivity index (χ0) is 23.9. The fraction of sp³-hybridized carbons (Fsp3) is 0.161. The summed E-state index contributed by atoms with van der Waals surface area (Å²) in [6, 6.07) is 20.3. The summed E-state index contributed by atoms with van der Waals surface area (Å²) >= 11 is 0. The molecule has 0 nitrogen and oxygen atoms in total. The fourth-order valence-corrected chi connectivity index (χ4v) is 3.66. The number of unbranched alkanes of at least 4 members (excludes halogenated alkanes) is 2. The van der Waals surface area contributed by atoms with Crippen molar-refractivity contribution >= 4 is 10.8 Å². The van der Waals surface area contributed by atoms with Crippen LogP contribution in [-0.4, -0.2) is 0 Å². The largest absolute Gasteiger partial charge is 0.205 e. The van der Waals surface area contributed by atoms with E-state index in [4.69, 9.17) is 0 Å². The van der Waals surface area contributed by atoms with Crippen LogP contribution in [0.25, 0.3) is 10.8 Å². The molecule has 0 amide bonds. The number of aryl methyl sites for hydroxylation is 1. The predicted octanol–water partition coefficient (Wildman–Crippen LogP) is 7.79. The van der Waals surface area contributed by atoms with Gasteiger partial charge in [0.25, 0.3) is 0 Å². The van der Waals surface area contributed by atoms with E-state index in [-0.39, 0.29) is 11.1 Å². The summed E-state index contributed by atoms with van der Waals surface area (Å²) in [5.41, 5.74) is 3.52. The average molecular weight is 453 g/mol. The van der Waals surface area contributed by atoms with Crippen LogP contribution in [-0.2, 0) is 6.42 Å². The molecule has 0 aliphatic heterocycles. The van der Waals surface area contributed by atoms with Gasteiger partial charge in [0.05, 0.1) is 5.56 Å². The van der Waals surface area contributed by atoms with Crippen LogP contribution >= 0.6 is 0 Å². The van der Waals surface area contributed by atoms with E-state index >= 15 is 0 Å². The molecule has 0 fully saturated rings. The van der Waals surface area contributed by atoms with Gasteiger partial charge in [-0.2, -0.15) is 0 Å². The van der Waals surface area contributed by atoms with Gasteiger partial charge in [-0.15, -0.1) is 0 Å². The highest BCUT2D eigenvalue weighted by atomic mass is 19.2. The Labute approximate surface area is 198 Å². The monoisotopic (exact) mass is 452 g/mol. The Bertz CT molecular complexity index is 1440. The minimum Gasteiger partial charge on any atom is -0.205 e. The van der Waals surface area contributed by atoms with E-state index in [0.717, 1.165) is 29.7 Å². The Morgan fingerprint density at radius 3 is 2.06 bits per heavy atom. The van der Waals surface area contributed by atoms with Crippen molar-refractivity contribution in [2.24, 2.45) is 0 Å². The highest BCUT2D eigenvalue weighted by Crippen LogP contribution is 2.22. The van der Waals surface area contributed by atoms with Gasteiger partial charge in [0.15, 0.2) is 11.6 Å². The summed E-state index contributed by atoms with van der Waals surface area (Å²) in [4.78, 5) is 0. The third kappa shape index (κ3) is 5.69. The standard InChI is InChI=1S/C31H23F3/c1-2-3-4-5-22-6-8-23(9-7-22)10-11-24-13-18-28-27(20-24)17-16-26(31(28)34)15-12-25-14-19-29(32)30(33)21-25/h6-9,13-14,16-21H,2-5H2,1H3. The average Bonchev–Trinajstić information content (AvgIpc) is 2.85. The molecule has 0 saturated carbocycles. The van der Waals surface area contributed by atoms with E-state index in [2.05, 4.69) is 42.7 Å². The van der Waals surface area contributed by atoms with Gasteiger partial charge in [-0.3, -0.25) is 0 Å². The first-order chi connectivity index (χ1) is 16.5. The molecule has 0 aliphatic carbocycles. The first-order valence-electron chi connectivity index (χ1n) is 11.3. The van der Waals surface area contributed by atoms with E-state index in [1.807, 2.05) is 18.2 Å². The molecule has 4 rings (SSSR count). The molecule has 4 aromatic rings. The van der Waals surface area contributed by atoms with Gasteiger partial charge in [0.1, 0.15) is 5.82 Å². The lowest BCUT2D eigenvalue weighted by Gasteiger charge is -2.03. The van der Waals surface area contributed by atoms with Gasteiger partial charge in [0.2, 0.25) is 0 Å². The second kappa shape index (κ2) is 10.8. The van der Waals surface area contributed by atoms with Gasteiger partial charge in [-0.25, -0.2) is 13.2 Å². The molecule has 0 saturated heterocycles. The van der Waals surface area contributed by atoms with E-state index in [1.54, 1.807) is 24.3 Å². The van der Waals surface area contributed by atoms with Crippen molar-refractivity contribution in [3.8, 4) is 23.7 Å². The topological polar surface area (TPSA) is 0 Å². The van der Waals surface area contributed by atoms with Gasteiger partial charge in [0, 0.05) is 22.1 Å². The zero-order valence-electron chi connectivity index (χ0n) is 18.9. The lowest BCUT2D eigenvalue weighted by atomic mass is 10.0. The van der Waals surface area contributed by atoms with Crippen molar-refractivity contribution in [3.05, 3.63) is 118 Å². The zero-order valence-corrected chi connectivity index (χ0v) is 18.9. The quantitative estimate of drug-likeness (QED) is 0.219. The second-order valence-corrected chi connectivity index (χ2v) is 8.15. The molecule has 0 spiro atoms. The molecule has 0 atom stereocenters. The van der Waals surface area contributed by atoms with Crippen molar-refractivity contribution < 1.29 is 13.2 Å². The smallest absolute Gasteiger partial charge is 0.160 e. The molecule has 0 heterocycles. The number of rotatable bonds is 4. The highest BCUT2D eigenvalue weighted by Gasteiger charge is 2.06. The number of fused-ring (bicyclic) bond motifs is 1. The van der Waals surface area contributed by atoms with E-state index < -0.39 is 17.5 Å². The number of hydrogen-bond donors (Lipinski definition) is 0. The molecule has 34 heavy (non-hydrogen) atoms. The minimum atomic E-state index is -0.984. The van der Waals surface area contributed by atoms with E-state index in [0.29, 0.717) is 10.8 Å². The van der Waals surface area contributed by atoms with Crippen LogP contribution < -0.4 is 0 Å². The van der Waals surface area contributed by atoms with Gasteiger partial charge in [-0.1, -0.05) is 67.7 Å². The van der Waals surface area contributed by atoms with Crippen LogP contribution in [0.15, 0.2) is 72.8 Å². The van der Waals surface area contributed by atoms with Crippen LogP contribution in [0.1, 0.15) is 54.0 Å². The van der Waals surface area contributed by atoms with E-state index in [1.165, 1.54) is 30.9 Å². The Balaban J connectivity index is 1.52. The summed E-state index contributed by atoms with van der Waals surface area (Å²) in [5.74, 6) is 9.33. The molecule has 0 unspecified atom stereocenters. The van der Waals surface area contributed by atoms with Crippen molar-refractivity contribution in [1.82, 2.24) is 0 Å². The van der Waals surface area contributed by atoms with Crippen molar-refractivity contribution in [2.45, 2.75) is 32.6 Å². The van der Waals surface area contributed by atoms with Gasteiger partial charge in [-0.05, 0) is 72.3 Å². The second-order valence-electron chi connectivity index (χ2n) is 8.15. The number of benzene rings is 4. The van der Waals surface area contributed by atoms with Crippen LogP contribution in [0.3, 0.4) is 0 Å². The molecular formula is C31H23F3. The van der Waals surface area contributed by atoms with E-state index in [9.17, 15) is 13.2 Å². The van der Waals surface area contributed by atoms with Gasteiger partial charge >= 0.3 is 0 Å². The van der Waals surface area contributed by atoms with Gasteiger partial charge < -0.3 is 0 Å². The Hall–Kier alpha value is -3.95. The summed E-state index contributed by atoms with van der Waals surface area (Å²) in [6.45, 7) is 2.20. The summed E-state index contributed by atoms with van der Waals surface area (Å²) < 4.78 is 41.4. The molecule has 0 bridgehead atoms. The minimum absolute atomic E-state index is 0.190. The first kappa shape index (κ1) is 23.2. The Morgan fingerprint density at radius 2 is 1.29 bits per heavy atom. The summed E-state index contributed by atoms with van der Waals surface area (Å²) in [5, 5.41) is 1.15. The third-order valence-electron chi connectivity index (χ3n) is 5.59. The summed E-state index contributed by atoms with van der Waals surface area (Å²) in [7, 11) is 0. The van der Waals surface area contributed by atoms with Crippen molar-refractivity contribution in [3.63, 3.8) is 0 Å². The lowest BCUT2D eigenvalue weighted by Crippen LogP contribution is -1.89. The first-order valence-corrected chi connectivity index (χ1v) is 11.3. The third-order valence-corrected chi connectivity index (χ3v) is 5.59. The molecule has 4 aromatic carbocycles. The van der Waals surface area contributed by atoms with Crippen molar-refractivity contribution in [2.75, 3.05) is 0 Å². The fourth-order valence-electron chi connectivity index (χ4n) is 3.66. The van der Waals surface area contributed by atoms with Crippen LogP contribution in [0, 0.1) is 41.1 Å². The number of halogens is 3. The maximum Gasteiger partial charge on any atom is 0.160 e. The van der Waals surface area contributed by atoms with Crippen LogP contribution in [0.4, 0.5) is 13.2 Å². The molecule has 0 radical (unpaired) electrons. The SMILES string of the molecule is CCCCCc1ccc(C#Cc2ccc3c(F)c(C#Cc4ccc(F)c(F)c4)ccc3c2)cc1. The normalized spacial score (nSPS) is 10.4. The predicted molar refractivity (Wildman–Crippen MR) is 132 cm³/mol. The molecule has 0 N–H and O–H groups in total. The highest BCUT2D eigenvalue weighted by molar-refractivity contribution is 5.86. The molecule has 0 aliphatic rings. The van der Waals surface area contributed by atoms with Crippen molar-refractivity contribution in [1.29, 1.82) is 0 Å². The molecular weight excluding hydrogens is 429 g/mol. The molecule has 3 heteroatoms. The van der Waals surface area contributed by atoms with Crippen LogP contribution in [0.5, 0.6) is 0 Å². The lowest BCUT2D eigenvalue weighted by molar-refractivity contribution is 0.508.